The largest absolute Gasteiger partial charge is 0.396 e. The maximum Gasteiger partial charge on any atom is 0.0897 e. The summed E-state index contributed by atoms with van der Waals surface area (Å²) in [6, 6.07) is 0. The van der Waals surface area contributed by atoms with Crippen molar-refractivity contribution in [3.8, 4) is 0 Å². The van der Waals surface area contributed by atoms with Gasteiger partial charge >= 0.3 is 0 Å². The van der Waals surface area contributed by atoms with E-state index in [2.05, 4.69) is 29.5 Å². The molecule has 3 nitrogen and oxygen atoms in total. The van der Waals surface area contributed by atoms with Crippen LogP contribution in [0.4, 0.5) is 0 Å². The van der Waals surface area contributed by atoms with E-state index in [4.69, 9.17) is 0 Å². The third-order valence-corrected chi connectivity index (χ3v) is 3.83. The lowest BCUT2D eigenvalue weighted by Crippen LogP contribution is -2.35. The Bertz CT molecular complexity index is 308. The Balaban J connectivity index is 2.21. The highest BCUT2D eigenvalue weighted by molar-refractivity contribution is 7.09. The Morgan fingerprint density at radius 1 is 1.56 bits per heavy atom. The Kier molecular flexibility index (Phi) is 5.38. The summed E-state index contributed by atoms with van der Waals surface area (Å²) >= 11 is 1.70. The molecule has 1 rings (SSSR count). The number of thiazole rings is 1. The summed E-state index contributed by atoms with van der Waals surface area (Å²) in [6.45, 7) is 8.28. The molecule has 92 valence electrons. The molecular weight excluding hydrogens is 220 g/mol. The number of hydrogen-bond acceptors (Lipinski definition) is 4. The molecule has 1 unspecified atom stereocenters. The summed E-state index contributed by atoms with van der Waals surface area (Å²) in [5.74, 6) is 0. The van der Waals surface area contributed by atoms with Crippen molar-refractivity contribution in [3.63, 3.8) is 0 Å². The van der Waals surface area contributed by atoms with Crippen LogP contribution in [0.1, 0.15) is 31.0 Å². The Morgan fingerprint density at radius 2 is 2.31 bits per heavy atom. The number of aromatic nitrogens is 1. The number of hydrogen-bond donors (Lipinski definition) is 2. The van der Waals surface area contributed by atoms with Gasteiger partial charge in [0.1, 0.15) is 0 Å². The normalized spacial score (nSPS) is 15.0. The highest BCUT2D eigenvalue weighted by Gasteiger charge is 2.19. The van der Waals surface area contributed by atoms with Crippen LogP contribution in [0, 0.1) is 12.3 Å². The van der Waals surface area contributed by atoms with Crippen LogP contribution in [0.5, 0.6) is 0 Å². The first-order valence-electron chi connectivity index (χ1n) is 5.82. The van der Waals surface area contributed by atoms with Gasteiger partial charge < -0.3 is 10.4 Å². The molecule has 0 bridgehead atoms. The number of nitrogens with zero attached hydrogens (tertiary/aromatic N) is 1. The van der Waals surface area contributed by atoms with Crippen molar-refractivity contribution in [2.24, 2.45) is 5.41 Å². The number of nitrogens with one attached hydrogen (secondary N) is 1. The fourth-order valence-electron chi connectivity index (χ4n) is 1.42. The van der Waals surface area contributed by atoms with Crippen molar-refractivity contribution in [1.29, 1.82) is 0 Å². The quantitative estimate of drug-likeness (QED) is 0.719. The van der Waals surface area contributed by atoms with Crippen LogP contribution in [0.3, 0.4) is 0 Å². The number of aliphatic hydroxyl groups excluding tert-OH is 1. The van der Waals surface area contributed by atoms with E-state index in [9.17, 15) is 5.11 Å². The van der Waals surface area contributed by atoms with Crippen molar-refractivity contribution >= 4 is 11.3 Å². The van der Waals surface area contributed by atoms with Gasteiger partial charge in [0.05, 0.1) is 10.7 Å². The van der Waals surface area contributed by atoms with E-state index in [1.165, 1.54) is 0 Å². The second-order valence-corrected chi connectivity index (χ2v) is 5.67. The maximum atomic E-state index is 9.25. The van der Waals surface area contributed by atoms with Gasteiger partial charge in [0.15, 0.2) is 0 Å². The molecule has 0 radical (unpaired) electrons. The van der Waals surface area contributed by atoms with Crippen LogP contribution in [-0.4, -0.2) is 29.8 Å². The molecule has 0 saturated carbocycles. The first-order valence-corrected chi connectivity index (χ1v) is 6.70. The standard InChI is InChI=1S/C12H22N2OS/c1-4-12(3,9-15)8-13-6-5-11-7-16-10(2)14-11/h7,13,15H,4-6,8-9H2,1-3H3. The van der Waals surface area contributed by atoms with Crippen molar-refractivity contribution in [3.05, 3.63) is 16.1 Å². The van der Waals surface area contributed by atoms with Crippen molar-refractivity contribution < 1.29 is 5.11 Å². The fraction of sp³-hybridized carbons (Fsp3) is 0.750. The minimum atomic E-state index is 0.0119. The van der Waals surface area contributed by atoms with E-state index in [1.807, 2.05) is 6.92 Å². The molecule has 0 aliphatic carbocycles. The Labute approximate surface area is 102 Å². The van der Waals surface area contributed by atoms with Crippen molar-refractivity contribution in [1.82, 2.24) is 10.3 Å². The lowest BCUT2D eigenvalue weighted by atomic mass is 9.89. The number of rotatable bonds is 7. The molecule has 0 amide bonds. The average Bonchev–Trinajstić information content (AvgIpc) is 2.70. The molecule has 16 heavy (non-hydrogen) atoms. The molecule has 0 aromatic carbocycles. The molecule has 1 aromatic rings. The number of aryl methyl sites for hydroxylation is 1. The minimum Gasteiger partial charge on any atom is -0.396 e. The zero-order chi connectivity index (χ0) is 12.0. The zero-order valence-corrected chi connectivity index (χ0v) is 11.2. The Hall–Kier alpha value is -0.450. The van der Waals surface area contributed by atoms with Gasteiger partial charge in [0.25, 0.3) is 0 Å². The molecule has 1 heterocycles. The summed E-state index contributed by atoms with van der Waals surface area (Å²) < 4.78 is 0. The van der Waals surface area contributed by atoms with Crippen molar-refractivity contribution in [2.75, 3.05) is 19.7 Å². The Morgan fingerprint density at radius 3 is 2.81 bits per heavy atom. The summed E-state index contributed by atoms with van der Waals surface area (Å²) in [5.41, 5.74) is 1.18. The summed E-state index contributed by atoms with van der Waals surface area (Å²) in [5, 5.41) is 15.9. The molecular formula is C12H22N2OS. The SMILES string of the molecule is CCC(C)(CO)CNCCc1csc(C)n1. The number of aliphatic hydroxyl groups is 1. The van der Waals surface area contributed by atoms with E-state index >= 15 is 0 Å². The lowest BCUT2D eigenvalue weighted by molar-refractivity contribution is 0.136. The molecule has 0 saturated heterocycles. The molecule has 4 heteroatoms. The third kappa shape index (κ3) is 4.20. The maximum absolute atomic E-state index is 9.25. The van der Waals surface area contributed by atoms with E-state index in [0.717, 1.165) is 36.6 Å². The van der Waals surface area contributed by atoms with E-state index in [1.54, 1.807) is 11.3 Å². The average molecular weight is 242 g/mol. The minimum absolute atomic E-state index is 0.0119. The monoisotopic (exact) mass is 242 g/mol. The molecule has 0 spiro atoms. The predicted molar refractivity (Wildman–Crippen MR) is 68.9 cm³/mol. The van der Waals surface area contributed by atoms with E-state index in [-0.39, 0.29) is 12.0 Å². The molecule has 0 aliphatic rings. The molecule has 1 atom stereocenters. The van der Waals surface area contributed by atoms with E-state index in [0.29, 0.717) is 0 Å². The van der Waals surface area contributed by atoms with Crippen LogP contribution in [0.15, 0.2) is 5.38 Å². The lowest BCUT2D eigenvalue weighted by Gasteiger charge is -2.25. The van der Waals surface area contributed by atoms with Crippen molar-refractivity contribution in [2.45, 2.75) is 33.6 Å². The second kappa shape index (κ2) is 6.33. The van der Waals surface area contributed by atoms with Gasteiger partial charge in [-0.3, -0.25) is 0 Å². The molecule has 1 aromatic heterocycles. The van der Waals surface area contributed by atoms with Crippen LogP contribution in [0.2, 0.25) is 0 Å². The van der Waals surface area contributed by atoms with Crippen LogP contribution >= 0.6 is 11.3 Å². The van der Waals surface area contributed by atoms with Gasteiger partial charge in [-0.05, 0) is 13.3 Å². The summed E-state index contributed by atoms with van der Waals surface area (Å²) in [7, 11) is 0. The van der Waals surface area contributed by atoms with Crippen LogP contribution in [-0.2, 0) is 6.42 Å². The topological polar surface area (TPSA) is 45.1 Å². The first-order chi connectivity index (χ1) is 7.59. The van der Waals surface area contributed by atoms with Crippen LogP contribution < -0.4 is 5.32 Å². The highest BCUT2D eigenvalue weighted by atomic mass is 32.1. The van der Waals surface area contributed by atoms with Gasteiger partial charge in [-0.1, -0.05) is 13.8 Å². The van der Waals surface area contributed by atoms with Gasteiger partial charge in [-0.2, -0.15) is 0 Å². The predicted octanol–water partition coefficient (Wildman–Crippen LogP) is 1.99. The summed E-state index contributed by atoms with van der Waals surface area (Å²) in [6.07, 6.45) is 1.96. The third-order valence-electron chi connectivity index (χ3n) is 3.01. The smallest absolute Gasteiger partial charge is 0.0897 e. The van der Waals surface area contributed by atoms with Crippen LogP contribution in [0.25, 0.3) is 0 Å². The fourth-order valence-corrected chi connectivity index (χ4v) is 2.07. The highest BCUT2D eigenvalue weighted by Crippen LogP contribution is 2.18. The molecule has 0 aliphatic heterocycles. The van der Waals surface area contributed by atoms with Gasteiger partial charge in [-0.15, -0.1) is 11.3 Å². The summed E-state index contributed by atoms with van der Waals surface area (Å²) in [4.78, 5) is 4.41. The molecule has 2 N–H and O–H groups in total. The first kappa shape index (κ1) is 13.6. The second-order valence-electron chi connectivity index (χ2n) is 4.61. The zero-order valence-electron chi connectivity index (χ0n) is 10.4. The molecule has 0 fully saturated rings. The van der Waals surface area contributed by atoms with Gasteiger partial charge in [0.2, 0.25) is 0 Å². The van der Waals surface area contributed by atoms with E-state index < -0.39 is 0 Å². The van der Waals surface area contributed by atoms with Gasteiger partial charge in [-0.25, -0.2) is 4.98 Å². The van der Waals surface area contributed by atoms with Gasteiger partial charge in [0, 0.05) is 36.9 Å².